The number of nitrogens with one attached hydrogen (secondary N) is 1. The van der Waals surface area contributed by atoms with Gasteiger partial charge < -0.3 is 5.32 Å². The van der Waals surface area contributed by atoms with Crippen LogP contribution in [0.15, 0.2) is 18.7 Å². The van der Waals surface area contributed by atoms with E-state index in [1.165, 1.54) is 18.7 Å². The van der Waals surface area contributed by atoms with E-state index in [9.17, 15) is 4.79 Å². The van der Waals surface area contributed by atoms with Crippen LogP contribution in [0.3, 0.4) is 0 Å². The molecule has 0 radical (unpaired) electrons. The first-order chi connectivity index (χ1) is 8.05. The molecule has 1 aromatic heterocycles. The fourth-order valence-corrected chi connectivity index (χ4v) is 1.75. The molecule has 1 N–H and O–H groups in total. The Labute approximate surface area is 110 Å². The molecule has 94 valence electrons. The number of nitrogens with zero attached hydrogens (tertiary/aromatic N) is 2. The average molecular weight is 300 g/mol. The second-order valence-corrected chi connectivity index (χ2v) is 5.56. The van der Waals surface area contributed by atoms with E-state index >= 15 is 0 Å². The number of halogens is 1. The zero-order valence-electron chi connectivity index (χ0n) is 10.2. The number of hydrogen-bond acceptors (Lipinski definition) is 3. The normalized spacial score (nSPS) is 11.2. The molecule has 0 aliphatic rings. The van der Waals surface area contributed by atoms with Crippen molar-refractivity contribution in [2.24, 2.45) is 5.41 Å². The largest absolute Gasteiger partial charge is 0.351 e. The SMILES string of the molecule is CC(C)(CCCBr)CNC(=O)c1cncnc1. The van der Waals surface area contributed by atoms with E-state index in [0.29, 0.717) is 12.1 Å². The molecule has 0 bridgehead atoms. The van der Waals surface area contributed by atoms with Crippen LogP contribution in [0.1, 0.15) is 37.0 Å². The minimum absolute atomic E-state index is 0.110. The molecule has 0 spiro atoms. The van der Waals surface area contributed by atoms with E-state index in [1.807, 2.05) is 0 Å². The van der Waals surface area contributed by atoms with Crippen molar-refractivity contribution in [2.45, 2.75) is 26.7 Å². The molecule has 5 heteroatoms. The van der Waals surface area contributed by atoms with Crippen molar-refractivity contribution in [3.63, 3.8) is 0 Å². The Morgan fingerprint density at radius 2 is 2.06 bits per heavy atom. The molecule has 1 heterocycles. The Balaban J connectivity index is 2.43. The standard InChI is InChI=1S/C12H18BrN3O/c1-12(2,4-3-5-13)8-16-11(17)10-6-14-9-15-7-10/h6-7,9H,3-5,8H2,1-2H3,(H,16,17). The molecule has 1 rings (SSSR count). The maximum Gasteiger partial charge on any atom is 0.254 e. The summed E-state index contributed by atoms with van der Waals surface area (Å²) >= 11 is 3.41. The van der Waals surface area contributed by atoms with Gasteiger partial charge in [-0.05, 0) is 18.3 Å². The second kappa shape index (κ2) is 6.69. The lowest BCUT2D eigenvalue weighted by molar-refractivity contribution is 0.0934. The lowest BCUT2D eigenvalue weighted by atomic mass is 9.88. The maximum atomic E-state index is 11.8. The van der Waals surface area contributed by atoms with Gasteiger partial charge >= 0.3 is 0 Å². The zero-order chi connectivity index (χ0) is 12.7. The van der Waals surface area contributed by atoms with Crippen molar-refractivity contribution >= 4 is 21.8 Å². The Morgan fingerprint density at radius 1 is 1.41 bits per heavy atom. The Kier molecular flexibility index (Phi) is 5.55. The third-order valence-corrected chi connectivity index (χ3v) is 3.10. The van der Waals surface area contributed by atoms with Crippen LogP contribution in [-0.2, 0) is 0 Å². The molecule has 0 fully saturated rings. The van der Waals surface area contributed by atoms with Crippen molar-refractivity contribution < 1.29 is 4.79 Å². The third kappa shape index (κ3) is 5.26. The van der Waals surface area contributed by atoms with Gasteiger partial charge in [0, 0.05) is 24.3 Å². The molecular formula is C12H18BrN3O. The van der Waals surface area contributed by atoms with E-state index in [1.54, 1.807) is 0 Å². The molecule has 4 nitrogen and oxygen atoms in total. The van der Waals surface area contributed by atoms with Crippen molar-refractivity contribution in [3.05, 3.63) is 24.3 Å². The van der Waals surface area contributed by atoms with Crippen LogP contribution in [0.5, 0.6) is 0 Å². The molecule has 17 heavy (non-hydrogen) atoms. The molecule has 0 aliphatic carbocycles. The van der Waals surface area contributed by atoms with E-state index in [2.05, 4.69) is 45.1 Å². The Bertz CT molecular complexity index is 354. The summed E-state index contributed by atoms with van der Waals surface area (Å²) in [5.41, 5.74) is 0.614. The average Bonchev–Trinajstić information content (AvgIpc) is 2.35. The number of hydrogen-bond donors (Lipinski definition) is 1. The summed E-state index contributed by atoms with van der Waals surface area (Å²) in [6.07, 6.45) is 6.64. The number of carbonyl (C=O) groups is 1. The molecule has 0 aromatic carbocycles. The van der Waals surface area contributed by atoms with Crippen molar-refractivity contribution in [1.29, 1.82) is 0 Å². The number of aromatic nitrogens is 2. The van der Waals surface area contributed by atoms with Crippen LogP contribution in [0.25, 0.3) is 0 Å². The van der Waals surface area contributed by atoms with Crippen LogP contribution in [-0.4, -0.2) is 27.7 Å². The third-order valence-electron chi connectivity index (χ3n) is 2.54. The molecule has 0 saturated heterocycles. The Hall–Kier alpha value is -0.970. The summed E-state index contributed by atoms with van der Waals surface area (Å²) in [6.45, 7) is 4.96. The molecule has 0 atom stereocenters. The van der Waals surface area contributed by atoms with Gasteiger partial charge in [-0.1, -0.05) is 29.8 Å². The lowest BCUT2D eigenvalue weighted by Gasteiger charge is -2.24. The molecule has 0 saturated carbocycles. The van der Waals surface area contributed by atoms with Crippen LogP contribution >= 0.6 is 15.9 Å². The summed E-state index contributed by atoms with van der Waals surface area (Å²) in [6, 6.07) is 0. The van der Waals surface area contributed by atoms with Gasteiger partial charge in [0.05, 0.1) is 5.56 Å². The lowest BCUT2D eigenvalue weighted by Crippen LogP contribution is -2.34. The quantitative estimate of drug-likeness (QED) is 0.821. The first kappa shape index (κ1) is 14.1. The van der Waals surface area contributed by atoms with Gasteiger partial charge in [-0.2, -0.15) is 0 Å². The fourth-order valence-electron chi connectivity index (χ4n) is 1.47. The second-order valence-electron chi connectivity index (χ2n) is 4.77. The van der Waals surface area contributed by atoms with Crippen molar-refractivity contribution in [3.8, 4) is 0 Å². The molecule has 0 unspecified atom stereocenters. The molecular weight excluding hydrogens is 282 g/mol. The van der Waals surface area contributed by atoms with Gasteiger partial charge in [0.2, 0.25) is 0 Å². The number of alkyl halides is 1. The van der Waals surface area contributed by atoms with Gasteiger partial charge in [-0.15, -0.1) is 0 Å². The van der Waals surface area contributed by atoms with Crippen molar-refractivity contribution in [2.75, 3.05) is 11.9 Å². The van der Waals surface area contributed by atoms with Crippen LogP contribution in [0.4, 0.5) is 0 Å². The van der Waals surface area contributed by atoms with E-state index in [-0.39, 0.29) is 11.3 Å². The van der Waals surface area contributed by atoms with Gasteiger partial charge in [-0.3, -0.25) is 4.79 Å². The predicted molar refractivity (Wildman–Crippen MR) is 71.2 cm³/mol. The molecule has 0 aliphatic heterocycles. The topological polar surface area (TPSA) is 54.9 Å². The van der Waals surface area contributed by atoms with Gasteiger partial charge in [0.15, 0.2) is 0 Å². The highest BCUT2D eigenvalue weighted by Gasteiger charge is 2.18. The summed E-state index contributed by atoms with van der Waals surface area (Å²) < 4.78 is 0. The number of carbonyl (C=O) groups excluding carboxylic acids is 1. The monoisotopic (exact) mass is 299 g/mol. The van der Waals surface area contributed by atoms with Crippen molar-refractivity contribution in [1.82, 2.24) is 15.3 Å². The van der Waals surface area contributed by atoms with Gasteiger partial charge in [-0.25, -0.2) is 9.97 Å². The highest BCUT2D eigenvalue weighted by atomic mass is 79.9. The summed E-state index contributed by atoms with van der Waals surface area (Å²) in [5, 5.41) is 3.91. The molecule has 1 aromatic rings. The summed E-state index contributed by atoms with van der Waals surface area (Å²) in [5.74, 6) is -0.113. The highest BCUT2D eigenvalue weighted by Crippen LogP contribution is 2.21. The Morgan fingerprint density at radius 3 is 2.65 bits per heavy atom. The number of amides is 1. The predicted octanol–water partition coefficient (Wildman–Crippen LogP) is 2.41. The number of rotatable bonds is 6. The smallest absolute Gasteiger partial charge is 0.254 e. The molecule has 1 amide bonds. The van der Waals surface area contributed by atoms with Crippen LogP contribution in [0.2, 0.25) is 0 Å². The van der Waals surface area contributed by atoms with Gasteiger partial charge in [0.25, 0.3) is 5.91 Å². The summed E-state index contributed by atoms with van der Waals surface area (Å²) in [7, 11) is 0. The first-order valence-electron chi connectivity index (χ1n) is 5.64. The van der Waals surface area contributed by atoms with Gasteiger partial charge in [0.1, 0.15) is 6.33 Å². The first-order valence-corrected chi connectivity index (χ1v) is 6.76. The van der Waals surface area contributed by atoms with E-state index in [0.717, 1.165) is 18.2 Å². The van der Waals surface area contributed by atoms with E-state index < -0.39 is 0 Å². The van der Waals surface area contributed by atoms with Crippen LogP contribution in [0, 0.1) is 5.41 Å². The minimum Gasteiger partial charge on any atom is -0.351 e. The highest BCUT2D eigenvalue weighted by molar-refractivity contribution is 9.09. The summed E-state index contributed by atoms with van der Waals surface area (Å²) in [4.78, 5) is 19.4. The minimum atomic E-state index is -0.113. The van der Waals surface area contributed by atoms with E-state index in [4.69, 9.17) is 0 Å². The zero-order valence-corrected chi connectivity index (χ0v) is 11.8. The maximum absolute atomic E-state index is 11.8. The van der Waals surface area contributed by atoms with Crippen LogP contribution < -0.4 is 5.32 Å². The fraction of sp³-hybridized carbons (Fsp3) is 0.583.